The van der Waals surface area contributed by atoms with Gasteiger partial charge in [0.15, 0.2) is 0 Å². The lowest BCUT2D eigenvalue weighted by Gasteiger charge is -2.69. The monoisotopic (exact) mass is 444 g/mol. The number of rotatable bonds is 4. The fourth-order valence-electron chi connectivity index (χ4n) is 8.80. The molecule has 1 spiro atoms. The van der Waals surface area contributed by atoms with Crippen LogP contribution in [0.4, 0.5) is 0 Å². The van der Waals surface area contributed by atoms with Crippen LogP contribution in [0.3, 0.4) is 0 Å². The maximum absolute atomic E-state index is 13.1. The van der Waals surface area contributed by atoms with E-state index >= 15 is 0 Å². The number of carboxylic acids is 1. The van der Waals surface area contributed by atoms with Gasteiger partial charge in [-0.05, 0) is 92.6 Å². The summed E-state index contributed by atoms with van der Waals surface area (Å²) in [6, 6.07) is 9.64. The molecule has 1 aromatic carbocycles. The summed E-state index contributed by atoms with van der Waals surface area (Å²) in [6.07, 6.45) is 7.43. The van der Waals surface area contributed by atoms with E-state index in [1.165, 1.54) is 0 Å². The highest BCUT2D eigenvalue weighted by Crippen LogP contribution is 2.72. The predicted octanol–water partition coefficient (Wildman–Crippen LogP) is 4.88. The van der Waals surface area contributed by atoms with Gasteiger partial charge in [-0.2, -0.15) is 0 Å². The quantitative estimate of drug-likeness (QED) is 0.694. The Morgan fingerprint density at radius 2 is 1.77 bits per heavy atom. The van der Waals surface area contributed by atoms with Crippen molar-refractivity contribution in [2.24, 2.45) is 39.9 Å². The fourth-order valence-corrected chi connectivity index (χ4v) is 10.3. The highest BCUT2D eigenvalue weighted by Gasteiger charge is 2.68. The Bertz CT molecular complexity index is 887. The summed E-state index contributed by atoms with van der Waals surface area (Å²) in [7, 11) is -1.09. The van der Waals surface area contributed by atoms with Crippen molar-refractivity contribution in [1.29, 1.82) is 0 Å². The first-order chi connectivity index (χ1) is 14.7. The molecule has 0 aromatic heterocycles. The van der Waals surface area contributed by atoms with E-state index in [0.717, 1.165) is 56.3 Å². The molecule has 0 aliphatic heterocycles. The number of carbonyl (C=O) groups is 1. The number of aliphatic hydroxyl groups is 1. The van der Waals surface area contributed by atoms with Crippen LogP contribution in [-0.2, 0) is 15.6 Å². The van der Waals surface area contributed by atoms with Crippen LogP contribution in [0.1, 0.15) is 65.2 Å². The van der Waals surface area contributed by atoms with Gasteiger partial charge in [0.25, 0.3) is 0 Å². The van der Waals surface area contributed by atoms with Crippen LogP contribution in [-0.4, -0.2) is 32.2 Å². The van der Waals surface area contributed by atoms with Crippen LogP contribution in [0.25, 0.3) is 0 Å². The third-order valence-electron chi connectivity index (χ3n) is 10.3. The maximum atomic E-state index is 13.1. The summed E-state index contributed by atoms with van der Waals surface area (Å²) in [6.45, 7) is 4.31. The lowest BCUT2D eigenvalue weighted by molar-refractivity contribution is -0.241. The molecule has 5 aliphatic rings. The van der Waals surface area contributed by atoms with Gasteiger partial charge in [-0.15, -0.1) is 0 Å². The summed E-state index contributed by atoms with van der Waals surface area (Å²) in [5, 5.41) is 21.8. The summed E-state index contributed by atoms with van der Waals surface area (Å²) >= 11 is 0. The molecular formula is C26H36O4S. The molecule has 2 bridgehead atoms. The van der Waals surface area contributed by atoms with Gasteiger partial charge in [0, 0.05) is 16.6 Å². The molecule has 31 heavy (non-hydrogen) atoms. The second-order valence-electron chi connectivity index (χ2n) is 11.4. The van der Waals surface area contributed by atoms with Crippen molar-refractivity contribution in [3.8, 4) is 0 Å². The molecule has 0 saturated heterocycles. The van der Waals surface area contributed by atoms with E-state index in [0.29, 0.717) is 17.6 Å². The van der Waals surface area contributed by atoms with E-state index in [-0.39, 0.29) is 22.7 Å². The summed E-state index contributed by atoms with van der Waals surface area (Å²) in [5.74, 6) is 0.941. The van der Waals surface area contributed by atoms with Crippen molar-refractivity contribution in [3.63, 3.8) is 0 Å². The molecule has 170 valence electrons. The van der Waals surface area contributed by atoms with Gasteiger partial charge in [-0.3, -0.25) is 9.00 Å². The van der Waals surface area contributed by atoms with Crippen molar-refractivity contribution in [1.82, 2.24) is 0 Å². The van der Waals surface area contributed by atoms with E-state index in [1.54, 1.807) is 0 Å². The van der Waals surface area contributed by atoms with Crippen molar-refractivity contribution in [3.05, 3.63) is 30.3 Å². The van der Waals surface area contributed by atoms with Gasteiger partial charge < -0.3 is 10.2 Å². The molecule has 0 amide bonds. The molecule has 9 atom stereocenters. The van der Waals surface area contributed by atoms with Crippen LogP contribution < -0.4 is 0 Å². The van der Waals surface area contributed by atoms with Crippen LogP contribution in [0.2, 0.25) is 0 Å². The lowest BCUT2D eigenvalue weighted by atomic mass is 9.35. The van der Waals surface area contributed by atoms with Gasteiger partial charge in [-0.1, -0.05) is 31.5 Å². The summed E-state index contributed by atoms with van der Waals surface area (Å²) < 4.78 is 13.1. The number of aliphatic hydroxyl groups excluding tert-OH is 1. The second-order valence-corrected chi connectivity index (χ2v) is 12.9. The van der Waals surface area contributed by atoms with E-state index in [2.05, 4.69) is 6.92 Å². The number of hydrogen-bond donors (Lipinski definition) is 2. The summed E-state index contributed by atoms with van der Waals surface area (Å²) in [4.78, 5) is 13.1. The molecule has 5 saturated carbocycles. The number of hydrogen-bond acceptors (Lipinski definition) is 3. The van der Waals surface area contributed by atoms with Crippen molar-refractivity contribution in [2.75, 3.05) is 5.75 Å². The largest absolute Gasteiger partial charge is 0.481 e. The Balaban J connectivity index is 1.44. The maximum Gasteiger partial charge on any atom is 0.309 e. The van der Waals surface area contributed by atoms with Gasteiger partial charge >= 0.3 is 5.97 Å². The van der Waals surface area contributed by atoms with Crippen LogP contribution in [0, 0.1) is 39.9 Å². The molecule has 1 unspecified atom stereocenters. The zero-order valence-electron chi connectivity index (χ0n) is 18.8. The SMILES string of the molecule is C[C@@]12CCC[C@@](C)(C(=O)O)[C@H]1CC[C@@]13CC[C@H](C[C@@H]21)[C@H](CS(=O)c1ccccc1)[C@H]3O. The highest BCUT2D eigenvalue weighted by molar-refractivity contribution is 7.85. The molecule has 0 radical (unpaired) electrons. The molecule has 5 fully saturated rings. The summed E-state index contributed by atoms with van der Waals surface area (Å²) in [5.41, 5.74) is -0.792. The number of fused-ring (bicyclic) bond motifs is 3. The minimum Gasteiger partial charge on any atom is -0.481 e. The fraction of sp³-hybridized carbons (Fsp3) is 0.731. The van der Waals surface area contributed by atoms with Crippen LogP contribution >= 0.6 is 0 Å². The highest BCUT2D eigenvalue weighted by atomic mass is 32.2. The van der Waals surface area contributed by atoms with Gasteiger partial charge in [0.2, 0.25) is 0 Å². The van der Waals surface area contributed by atoms with E-state index < -0.39 is 28.3 Å². The van der Waals surface area contributed by atoms with Gasteiger partial charge in [0.05, 0.1) is 22.3 Å². The first-order valence-corrected chi connectivity index (χ1v) is 13.4. The van der Waals surface area contributed by atoms with E-state index in [9.17, 15) is 19.2 Å². The van der Waals surface area contributed by atoms with Crippen molar-refractivity contribution in [2.45, 2.75) is 76.2 Å². The Kier molecular flexibility index (Phi) is 5.17. The first kappa shape index (κ1) is 21.6. The first-order valence-electron chi connectivity index (χ1n) is 12.1. The van der Waals surface area contributed by atoms with E-state index in [1.807, 2.05) is 37.3 Å². The molecule has 0 heterocycles. The molecule has 5 heteroatoms. The third-order valence-corrected chi connectivity index (χ3v) is 11.8. The van der Waals surface area contributed by atoms with Crippen molar-refractivity contribution < 1.29 is 19.2 Å². The molecule has 6 rings (SSSR count). The molecule has 5 aliphatic carbocycles. The number of benzene rings is 1. The zero-order chi connectivity index (χ0) is 22.0. The van der Waals surface area contributed by atoms with E-state index in [4.69, 9.17) is 0 Å². The zero-order valence-corrected chi connectivity index (χ0v) is 19.6. The Hall–Kier alpha value is -1.20. The van der Waals surface area contributed by atoms with Crippen molar-refractivity contribution >= 4 is 16.8 Å². The second kappa shape index (κ2) is 7.41. The normalized spacial score (nSPS) is 47.3. The molecular weight excluding hydrogens is 408 g/mol. The average molecular weight is 445 g/mol. The minimum absolute atomic E-state index is 0.0210. The number of aliphatic carboxylic acids is 1. The molecule has 4 nitrogen and oxygen atoms in total. The van der Waals surface area contributed by atoms with Gasteiger partial charge in [0.1, 0.15) is 0 Å². The lowest BCUT2D eigenvalue weighted by Crippen LogP contribution is -2.67. The molecule has 2 N–H and O–H groups in total. The van der Waals surface area contributed by atoms with Crippen LogP contribution in [0.5, 0.6) is 0 Å². The Morgan fingerprint density at radius 1 is 1.06 bits per heavy atom. The smallest absolute Gasteiger partial charge is 0.309 e. The van der Waals surface area contributed by atoms with Crippen LogP contribution in [0.15, 0.2) is 35.2 Å². The minimum atomic E-state index is -1.09. The number of carboxylic acid groups (broad SMARTS) is 1. The van der Waals surface area contributed by atoms with Gasteiger partial charge in [-0.25, -0.2) is 0 Å². The Labute approximate surface area is 188 Å². The topological polar surface area (TPSA) is 74.6 Å². The third kappa shape index (κ3) is 3.02. The standard InChI is InChI=1S/C26H36O4S/c1-24-11-6-12-25(2,23(28)29)20(24)10-14-26-13-9-17(15-21(24)26)19(22(26)27)16-31(30)18-7-4-3-5-8-18/h3-5,7-8,17,19-22,27H,6,9-16H2,1-2H3,(H,28,29)/t17-,19+,20+,21+,22-,24-,25-,26+,31?/m1/s1. The average Bonchev–Trinajstić information content (AvgIpc) is 2.76. The molecule has 1 aromatic rings. The predicted molar refractivity (Wildman–Crippen MR) is 121 cm³/mol. The Morgan fingerprint density at radius 3 is 2.48 bits per heavy atom.